The van der Waals surface area contributed by atoms with E-state index < -0.39 is 18.3 Å². The molecule has 1 aliphatic carbocycles. The Morgan fingerprint density at radius 2 is 1.88 bits per heavy atom. The van der Waals surface area contributed by atoms with Crippen LogP contribution in [0.1, 0.15) is 64.7 Å². The quantitative estimate of drug-likeness (QED) is 0.325. The summed E-state index contributed by atoms with van der Waals surface area (Å²) >= 11 is 0. The average molecular weight is 340 g/mol. The number of hydrogen-bond acceptors (Lipinski definition) is 4. The molecule has 0 spiro atoms. The van der Waals surface area contributed by atoms with Gasteiger partial charge in [-0.2, -0.15) is 0 Å². The normalized spacial score (nSPS) is 29.0. The van der Waals surface area contributed by atoms with Gasteiger partial charge in [0.1, 0.15) is 0 Å². The minimum atomic E-state index is -0.519. The molecule has 0 heterocycles. The van der Waals surface area contributed by atoms with Crippen molar-refractivity contribution in [3.05, 3.63) is 24.3 Å². The smallest absolute Gasteiger partial charge is 0.0721 e. The number of unbranched alkanes of at least 4 members (excludes halogenated alkanes) is 4. The molecule has 24 heavy (non-hydrogen) atoms. The van der Waals surface area contributed by atoms with Gasteiger partial charge in [0.15, 0.2) is 0 Å². The Labute approximate surface area is 147 Å². The van der Waals surface area contributed by atoms with Crippen LogP contribution in [0.3, 0.4) is 0 Å². The minimum absolute atomic E-state index is 0.0323. The van der Waals surface area contributed by atoms with E-state index in [0.717, 1.165) is 57.9 Å². The van der Waals surface area contributed by atoms with Gasteiger partial charge in [0.2, 0.25) is 0 Å². The fourth-order valence-corrected chi connectivity index (χ4v) is 3.44. The van der Waals surface area contributed by atoms with Gasteiger partial charge >= 0.3 is 0 Å². The van der Waals surface area contributed by atoms with E-state index in [0.29, 0.717) is 6.42 Å². The molecule has 0 bridgehead atoms. The first-order valence-electron chi connectivity index (χ1n) is 9.67. The first kappa shape index (κ1) is 21.4. The fourth-order valence-electron chi connectivity index (χ4n) is 3.44. The van der Waals surface area contributed by atoms with Gasteiger partial charge in [-0.15, -0.1) is 0 Å². The standard InChI is InChI=1S/C20H37NO3/c1-2-3-7-10-16(22)12-13-18-17(19(23)15-20(18)24)11-8-5-4-6-9-14-21/h5,8,12-13,16-20,22-24H,2-4,6-7,9-11,14-15,21H2,1H3/b8-5-,13-12+/t16-,17-,18+,19-,20+/m0/s1. The molecule has 5 N–H and O–H groups in total. The van der Waals surface area contributed by atoms with Crippen LogP contribution in [-0.4, -0.2) is 40.2 Å². The van der Waals surface area contributed by atoms with Crippen molar-refractivity contribution < 1.29 is 15.3 Å². The molecule has 5 atom stereocenters. The number of allylic oxidation sites excluding steroid dienone is 2. The second kappa shape index (κ2) is 12.6. The lowest BCUT2D eigenvalue weighted by Crippen LogP contribution is -2.20. The van der Waals surface area contributed by atoms with Gasteiger partial charge in [-0.05, 0) is 44.6 Å². The molecule has 0 aromatic heterocycles. The Morgan fingerprint density at radius 3 is 2.58 bits per heavy atom. The van der Waals surface area contributed by atoms with Crippen LogP contribution in [0.4, 0.5) is 0 Å². The maximum absolute atomic E-state index is 10.2. The molecule has 0 aromatic carbocycles. The largest absolute Gasteiger partial charge is 0.393 e. The number of aliphatic hydroxyl groups excluding tert-OH is 3. The van der Waals surface area contributed by atoms with Gasteiger partial charge < -0.3 is 21.1 Å². The van der Waals surface area contributed by atoms with Crippen molar-refractivity contribution in [1.29, 1.82) is 0 Å². The molecule has 0 saturated heterocycles. The molecule has 4 heteroatoms. The Kier molecular flexibility index (Phi) is 11.3. The van der Waals surface area contributed by atoms with E-state index in [1.54, 1.807) is 6.08 Å². The number of hydrogen-bond donors (Lipinski definition) is 4. The molecule has 1 fully saturated rings. The van der Waals surface area contributed by atoms with Crippen LogP contribution in [0.2, 0.25) is 0 Å². The highest BCUT2D eigenvalue weighted by molar-refractivity contribution is 5.06. The summed E-state index contributed by atoms with van der Waals surface area (Å²) in [6.07, 6.45) is 14.9. The third kappa shape index (κ3) is 7.93. The Morgan fingerprint density at radius 1 is 1.08 bits per heavy atom. The van der Waals surface area contributed by atoms with Crippen LogP contribution in [0, 0.1) is 11.8 Å². The molecule has 0 amide bonds. The van der Waals surface area contributed by atoms with Gasteiger partial charge in [-0.1, -0.05) is 50.5 Å². The van der Waals surface area contributed by atoms with Crippen LogP contribution in [0.5, 0.6) is 0 Å². The molecule has 0 aromatic rings. The SMILES string of the molecule is CCCCC[C@H](O)/C=C/[C@@H]1[C@H](C/C=C\CCCCN)[C@@H](O)C[C@H]1O. The second-order valence-electron chi connectivity index (χ2n) is 7.05. The molecular formula is C20H37NO3. The van der Waals surface area contributed by atoms with E-state index in [1.807, 2.05) is 6.08 Å². The summed E-state index contributed by atoms with van der Waals surface area (Å²) in [6.45, 7) is 2.88. The monoisotopic (exact) mass is 339 g/mol. The second-order valence-corrected chi connectivity index (χ2v) is 7.05. The van der Waals surface area contributed by atoms with Crippen molar-refractivity contribution >= 4 is 0 Å². The zero-order valence-electron chi connectivity index (χ0n) is 15.2. The van der Waals surface area contributed by atoms with E-state index in [2.05, 4.69) is 19.1 Å². The molecule has 1 saturated carbocycles. The van der Waals surface area contributed by atoms with Crippen molar-refractivity contribution in [1.82, 2.24) is 0 Å². The van der Waals surface area contributed by atoms with Crippen molar-refractivity contribution in [2.24, 2.45) is 17.6 Å². The van der Waals surface area contributed by atoms with Crippen molar-refractivity contribution in [2.45, 2.75) is 83.0 Å². The third-order valence-corrected chi connectivity index (χ3v) is 4.97. The van der Waals surface area contributed by atoms with Crippen molar-refractivity contribution in [2.75, 3.05) is 6.54 Å². The lowest BCUT2D eigenvalue weighted by molar-refractivity contribution is 0.120. The summed E-state index contributed by atoms with van der Waals surface area (Å²) in [5, 5.41) is 30.4. The molecule has 0 radical (unpaired) electrons. The Hall–Kier alpha value is -0.680. The van der Waals surface area contributed by atoms with Crippen LogP contribution in [0.15, 0.2) is 24.3 Å². The summed E-state index contributed by atoms with van der Waals surface area (Å²) in [7, 11) is 0. The van der Waals surface area contributed by atoms with Crippen LogP contribution >= 0.6 is 0 Å². The van der Waals surface area contributed by atoms with Crippen LogP contribution in [0.25, 0.3) is 0 Å². The molecule has 140 valence electrons. The summed E-state index contributed by atoms with van der Waals surface area (Å²) in [6, 6.07) is 0. The first-order valence-corrected chi connectivity index (χ1v) is 9.67. The van der Waals surface area contributed by atoms with Crippen LogP contribution in [-0.2, 0) is 0 Å². The molecule has 1 aliphatic rings. The van der Waals surface area contributed by atoms with Crippen molar-refractivity contribution in [3.63, 3.8) is 0 Å². The fraction of sp³-hybridized carbons (Fsp3) is 0.800. The molecule has 0 aliphatic heterocycles. The Balaban J connectivity index is 2.46. The maximum atomic E-state index is 10.2. The number of aliphatic hydroxyl groups is 3. The highest BCUT2D eigenvalue weighted by Gasteiger charge is 2.39. The predicted molar refractivity (Wildman–Crippen MR) is 99.6 cm³/mol. The topological polar surface area (TPSA) is 86.7 Å². The molecule has 1 rings (SSSR count). The van der Waals surface area contributed by atoms with Gasteiger partial charge in [-0.3, -0.25) is 0 Å². The number of nitrogens with two attached hydrogens (primary N) is 1. The van der Waals surface area contributed by atoms with E-state index in [9.17, 15) is 15.3 Å². The van der Waals surface area contributed by atoms with Gasteiger partial charge in [0.25, 0.3) is 0 Å². The lowest BCUT2D eigenvalue weighted by Gasteiger charge is -2.19. The van der Waals surface area contributed by atoms with Crippen LogP contribution < -0.4 is 5.73 Å². The maximum Gasteiger partial charge on any atom is 0.0721 e. The average Bonchev–Trinajstić information content (AvgIpc) is 2.82. The summed E-state index contributed by atoms with van der Waals surface area (Å²) in [5.74, 6) is -0.0423. The Bertz CT molecular complexity index is 370. The van der Waals surface area contributed by atoms with Gasteiger partial charge in [-0.25, -0.2) is 0 Å². The summed E-state index contributed by atoms with van der Waals surface area (Å²) < 4.78 is 0. The van der Waals surface area contributed by atoms with E-state index in [1.165, 1.54) is 0 Å². The molecular weight excluding hydrogens is 302 g/mol. The summed E-state index contributed by atoms with van der Waals surface area (Å²) in [4.78, 5) is 0. The van der Waals surface area contributed by atoms with E-state index in [4.69, 9.17) is 5.73 Å². The van der Waals surface area contributed by atoms with E-state index in [-0.39, 0.29) is 11.8 Å². The first-order chi connectivity index (χ1) is 11.6. The predicted octanol–water partition coefficient (Wildman–Crippen LogP) is 2.92. The molecule has 0 unspecified atom stereocenters. The van der Waals surface area contributed by atoms with Gasteiger partial charge in [0, 0.05) is 12.3 Å². The van der Waals surface area contributed by atoms with Gasteiger partial charge in [0.05, 0.1) is 18.3 Å². The third-order valence-electron chi connectivity index (χ3n) is 4.97. The van der Waals surface area contributed by atoms with Crippen molar-refractivity contribution in [3.8, 4) is 0 Å². The zero-order valence-corrected chi connectivity index (χ0v) is 15.2. The minimum Gasteiger partial charge on any atom is -0.393 e. The number of rotatable bonds is 12. The zero-order chi connectivity index (χ0) is 17.8. The lowest BCUT2D eigenvalue weighted by atomic mass is 9.89. The summed E-state index contributed by atoms with van der Waals surface area (Å²) in [5.41, 5.74) is 5.48. The highest BCUT2D eigenvalue weighted by atomic mass is 16.3. The van der Waals surface area contributed by atoms with E-state index >= 15 is 0 Å². The molecule has 4 nitrogen and oxygen atoms in total. The highest BCUT2D eigenvalue weighted by Crippen LogP contribution is 2.36.